The molecule has 7 N–H and O–H groups in total. The van der Waals surface area contributed by atoms with Crippen molar-refractivity contribution < 1.29 is 83.8 Å². The van der Waals surface area contributed by atoms with Crippen LogP contribution in [0, 0.1) is 0 Å². The topological polar surface area (TPSA) is 220 Å². The van der Waals surface area contributed by atoms with Crippen LogP contribution in [0.1, 0.15) is 0 Å². The molecule has 47 heavy (non-hydrogen) atoms. The standard InChI is InChI=1S/C28H21N5O10S2.2Cu/c34-23-9-8-18(44-42-40-38)12-20(23)30-31-21-13-25(36)22(14-24(21)35)32-33-27-26(45-43-41-39)10-15-6-7-17(11-19(15)28(27)37)29-16-4-2-1-3-5-16;;/h1-14,29,34-39H;;. The van der Waals surface area contributed by atoms with Gasteiger partial charge in [-0.1, -0.05) is 34.3 Å². The molecule has 5 rings (SSSR count). The summed E-state index contributed by atoms with van der Waals surface area (Å²) in [5.74, 6) is -1.43. The number of phenols is 4. The van der Waals surface area contributed by atoms with E-state index in [4.69, 9.17) is 10.5 Å². The number of rotatable bonds is 12. The number of hydrogen-bond acceptors (Lipinski definition) is 17. The number of hydrogen-bond donors (Lipinski definition) is 7. The Bertz CT molecular complexity index is 1890. The van der Waals surface area contributed by atoms with E-state index in [9.17, 15) is 20.4 Å². The second-order valence-electron chi connectivity index (χ2n) is 8.83. The predicted octanol–water partition coefficient (Wildman–Crippen LogP) is 9.09. The van der Waals surface area contributed by atoms with E-state index in [1.54, 1.807) is 18.2 Å². The van der Waals surface area contributed by atoms with Gasteiger partial charge in [0.25, 0.3) is 0 Å². The van der Waals surface area contributed by atoms with Gasteiger partial charge in [-0.25, -0.2) is 10.5 Å². The molecule has 0 saturated heterocycles. The maximum atomic E-state index is 11.2. The summed E-state index contributed by atoms with van der Waals surface area (Å²) in [6.07, 6.45) is 0. The molecule has 0 aromatic heterocycles. The Morgan fingerprint density at radius 1 is 0.574 bits per heavy atom. The fourth-order valence-electron chi connectivity index (χ4n) is 3.94. The summed E-state index contributed by atoms with van der Waals surface area (Å²) in [5.41, 5.74) is 1.05. The van der Waals surface area contributed by atoms with E-state index >= 15 is 0 Å². The van der Waals surface area contributed by atoms with E-state index in [2.05, 4.69) is 44.5 Å². The monoisotopic (exact) mass is 777 g/mol. The third-order valence-corrected chi connectivity index (χ3v) is 7.17. The van der Waals surface area contributed by atoms with Crippen molar-refractivity contribution >= 4 is 69.0 Å². The van der Waals surface area contributed by atoms with Crippen molar-refractivity contribution in [3.05, 3.63) is 84.9 Å². The Balaban J connectivity index is 0.00000300. The molecule has 0 unspecified atom stereocenters. The molecule has 0 amide bonds. The summed E-state index contributed by atoms with van der Waals surface area (Å²) < 4.78 is 8.91. The molecule has 15 nitrogen and oxygen atoms in total. The number of phenolic OH excluding ortho intramolecular Hbond substituents is 4. The number of nitrogens with zero attached hydrogens (tertiary/aromatic N) is 4. The molecule has 0 aliphatic rings. The molecule has 0 bridgehead atoms. The largest absolute Gasteiger partial charge is 0.506 e. The first-order chi connectivity index (χ1) is 21.9. The van der Waals surface area contributed by atoms with Gasteiger partial charge < -0.3 is 25.7 Å². The summed E-state index contributed by atoms with van der Waals surface area (Å²) in [6, 6.07) is 22.6. The van der Waals surface area contributed by atoms with Crippen LogP contribution in [0.4, 0.5) is 34.1 Å². The number of benzene rings is 5. The van der Waals surface area contributed by atoms with Crippen LogP contribution in [0.5, 0.6) is 23.0 Å². The minimum absolute atomic E-state index is 0. The third kappa shape index (κ3) is 9.55. The van der Waals surface area contributed by atoms with Crippen LogP contribution in [-0.2, 0) is 52.9 Å². The van der Waals surface area contributed by atoms with Crippen LogP contribution >= 0.6 is 24.1 Å². The fourth-order valence-corrected chi connectivity index (χ4v) is 4.82. The minimum atomic E-state index is -0.453. The van der Waals surface area contributed by atoms with Gasteiger partial charge in [-0.3, -0.25) is 0 Å². The van der Waals surface area contributed by atoms with Gasteiger partial charge in [-0.05, 0) is 53.9 Å². The van der Waals surface area contributed by atoms with Gasteiger partial charge in [0.1, 0.15) is 40.0 Å². The molecule has 0 heterocycles. The van der Waals surface area contributed by atoms with E-state index in [1.807, 2.05) is 36.4 Å². The second kappa shape index (κ2) is 17.8. The minimum Gasteiger partial charge on any atom is -0.506 e. The molecule has 0 fully saturated rings. The Kier molecular flexibility index (Phi) is 14.2. The van der Waals surface area contributed by atoms with Gasteiger partial charge >= 0.3 is 0 Å². The molecule has 0 spiro atoms. The maximum Gasteiger partial charge on any atom is 0.152 e. The molecule has 0 aliphatic carbocycles. The zero-order valence-corrected chi connectivity index (χ0v) is 26.6. The molecule has 5 aromatic rings. The molecular weight excluding hydrogens is 758 g/mol. The number of anilines is 2. The van der Waals surface area contributed by atoms with E-state index < -0.39 is 11.5 Å². The van der Waals surface area contributed by atoms with Crippen molar-refractivity contribution in [2.45, 2.75) is 9.79 Å². The molecular formula is C28H21Cu2N5O10S2. The molecule has 19 heteroatoms. The Morgan fingerprint density at radius 2 is 1.19 bits per heavy atom. The van der Waals surface area contributed by atoms with E-state index in [0.29, 0.717) is 45.4 Å². The predicted molar refractivity (Wildman–Crippen MR) is 163 cm³/mol. The molecule has 0 aliphatic heterocycles. The van der Waals surface area contributed by atoms with Gasteiger partial charge in [0.15, 0.2) is 5.75 Å². The summed E-state index contributed by atoms with van der Waals surface area (Å²) in [7, 11) is 0. The number of nitrogens with one attached hydrogen (secondary N) is 1. The molecule has 5 aromatic carbocycles. The molecule has 0 saturated carbocycles. The molecule has 2 radical (unpaired) electrons. The fraction of sp³-hybridized carbons (Fsp3) is 0. The van der Waals surface area contributed by atoms with Crippen molar-refractivity contribution in [3.8, 4) is 23.0 Å². The summed E-state index contributed by atoms with van der Waals surface area (Å²) in [5, 5.41) is 86.6. The summed E-state index contributed by atoms with van der Waals surface area (Å²) in [4.78, 5) is 0.597. The van der Waals surface area contributed by atoms with E-state index in [-0.39, 0.29) is 73.3 Å². The Labute approximate surface area is 295 Å². The van der Waals surface area contributed by atoms with Gasteiger partial charge in [0.2, 0.25) is 0 Å². The van der Waals surface area contributed by atoms with Crippen LogP contribution < -0.4 is 5.32 Å². The van der Waals surface area contributed by atoms with Gasteiger partial charge in [-0.15, -0.1) is 29.1 Å². The first-order valence-corrected chi connectivity index (χ1v) is 14.0. The average Bonchev–Trinajstić information content (AvgIpc) is 3.04. The van der Waals surface area contributed by atoms with E-state index in [0.717, 1.165) is 17.8 Å². The first kappa shape index (κ1) is 37.5. The van der Waals surface area contributed by atoms with Crippen LogP contribution in [0.3, 0.4) is 0 Å². The number of para-hydroxylation sites is 1. The number of fused-ring (bicyclic) bond motifs is 1. The van der Waals surface area contributed by atoms with Crippen LogP contribution in [-0.4, -0.2) is 30.9 Å². The number of azo groups is 2. The van der Waals surface area contributed by atoms with E-state index in [1.165, 1.54) is 18.2 Å². The van der Waals surface area contributed by atoms with Crippen molar-refractivity contribution in [2.75, 3.05) is 5.32 Å². The van der Waals surface area contributed by atoms with Crippen molar-refractivity contribution in [2.24, 2.45) is 20.5 Å². The quantitative estimate of drug-likeness (QED) is 0.0157. The smallest absolute Gasteiger partial charge is 0.152 e. The normalized spacial score (nSPS) is 11.1. The van der Waals surface area contributed by atoms with Crippen molar-refractivity contribution in [1.82, 2.24) is 0 Å². The van der Waals surface area contributed by atoms with Gasteiger partial charge in [0, 0.05) is 67.9 Å². The maximum absolute atomic E-state index is 11.2. The zero-order valence-electron chi connectivity index (χ0n) is 23.1. The van der Waals surface area contributed by atoms with Crippen LogP contribution in [0.25, 0.3) is 10.8 Å². The number of aromatic hydroxyl groups is 4. The van der Waals surface area contributed by atoms with Gasteiger partial charge in [0.05, 0.1) is 29.0 Å². The Morgan fingerprint density at radius 3 is 1.85 bits per heavy atom. The van der Waals surface area contributed by atoms with Crippen LogP contribution in [0.15, 0.2) is 115 Å². The third-order valence-electron chi connectivity index (χ3n) is 5.97. The summed E-state index contributed by atoms with van der Waals surface area (Å²) >= 11 is 1.19. The molecule has 0 atom stereocenters. The SMILES string of the molecule is OOOSc1ccc(O)c(N=Nc2cc(O)c(N=Nc3c(SOOO)cc4ccc(Nc5ccccc5)cc4c3O)cc2O)c1.[Cu].[Cu]. The van der Waals surface area contributed by atoms with Crippen molar-refractivity contribution in [3.63, 3.8) is 0 Å². The Hall–Kier alpha value is -3.94. The van der Waals surface area contributed by atoms with Gasteiger partial charge in [-0.2, -0.15) is 0 Å². The van der Waals surface area contributed by atoms with Crippen molar-refractivity contribution in [1.29, 1.82) is 0 Å². The second-order valence-corrected chi connectivity index (χ2v) is 10.3. The zero-order chi connectivity index (χ0) is 31.8. The molecule has 252 valence electrons. The average molecular weight is 779 g/mol. The summed E-state index contributed by atoms with van der Waals surface area (Å²) in [6.45, 7) is 0. The first-order valence-electron chi connectivity index (χ1n) is 12.5. The van der Waals surface area contributed by atoms with Crippen LogP contribution in [0.2, 0.25) is 0 Å².